The largest absolute Gasteiger partial charge is 0.450 e. The third kappa shape index (κ3) is 3.66. The van der Waals surface area contributed by atoms with Crippen molar-refractivity contribution < 1.29 is 14.3 Å². The number of carbonyl (C=O) groups excluding carboxylic acids is 2. The van der Waals surface area contributed by atoms with Gasteiger partial charge in [-0.3, -0.25) is 10.1 Å². The van der Waals surface area contributed by atoms with Gasteiger partial charge in [0, 0.05) is 5.69 Å². The number of aromatic amines is 1. The van der Waals surface area contributed by atoms with Gasteiger partial charge in [-0.2, -0.15) is 0 Å². The van der Waals surface area contributed by atoms with Crippen LogP contribution in [0.25, 0.3) is 11.0 Å². The number of anilines is 2. The molecular weight excluding hydrogens is 314 g/mol. The number of H-pyrrole nitrogens is 1. The van der Waals surface area contributed by atoms with Gasteiger partial charge in [0.05, 0.1) is 30.2 Å². The fraction of sp³-hybridized carbons (Fsp3) is 0.214. The van der Waals surface area contributed by atoms with Crippen LogP contribution < -0.4 is 10.6 Å². The Bertz CT molecular complexity index is 870. The predicted molar refractivity (Wildman–Crippen MR) is 85.4 cm³/mol. The molecule has 10 nitrogen and oxygen atoms in total. The van der Waals surface area contributed by atoms with E-state index < -0.39 is 6.09 Å². The van der Waals surface area contributed by atoms with Gasteiger partial charge < -0.3 is 15.0 Å². The zero-order valence-corrected chi connectivity index (χ0v) is 12.8. The molecule has 3 aromatic rings. The molecule has 0 aliphatic rings. The number of aromatic nitrogens is 5. The van der Waals surface area contributed by atoms with Crippen molar-refractivity contribution in [1.82, 2.24) is 25.0 Å². The van der Waals surface area contributed by atoms with Crippen molar-refractivity contribution in [3.05, 3.63) is 30.7 Å². The lowest BCUT2D eigenvalue weighted by Gasteiger charge is -2.04. The molecule has 0 saturated carbocycles. The molecule has 124 valence electrons. The summed E-state index contributed by atoms with van der Waals surface area (Å²) in [7, 11) is 0. The first-order valence-corrected chi connectivity index (χ1v) is 7.21. The summed E-state index contributed by atoms with van der Waals surface area (Å²) in [4.78, 5) is 30.4. The van der Waals surface area contributed by atoms with Gasteiger partial charge in [-0.25, -0.2) is 14.5 Å². The highest BCUT2D eigenvalue weighted by Crippen LogP contribution is 2.15. The Morgan fingerprint density at radius 3 is 3.04 bits per heavy atom. The molecule has 3 rings (SSSR count). The number of nitrogens with zero attached hydrogens (tertiary/aromatic N) is 4. The number of imidazole rings is 1. The third-order valence-corrected chi connectivity index (χ3v) is 3.05. The van der Waals surface area contributed by atoms with Crippen molar-refractivity contribution in [1.29, 1.82) is 0 Å². The van der Waals surface area contributed by atoms with Crippen LogP contribution in [-0.4, -0.2) is 43.6 Å². The zero-order valence-electron chi connectivity index (χ0n) is 12.8. The quantitative estimate of drug-likeness (QED) is 0.648. The van der Waals surface area contributed by atoms with E-state index in [1.165, 1.54) is 10.9 Å². The van der Waals surface area contributed by atoms with Crippen LogP contribution in [0.15, 0.2) is 30.7 Å². The highest BCUT2D eigenvalue weighted by atomic mass is 16.5. The molecule has 0 spiro atoms. The smallest absolute Gasteiger partial charge is 0.412 e. The monoisotopic (exact) mass is 329 g/mol. The van der Waals surface area contributed by atoms with E-state index in [0.29, 0.717) is 5.69 Å². The molecular formula is C14H15N7O3. The van der Waals surface area contributed by atoms with Gasteiger partial charge in [0.25, 0.3) is 0 Å². The number of amides is 2. The van der Waals surface area contributed by atoms with Crippen LogP contribution in [0, 0.1) is 0 Å². The van der Waals surface area contributed by atoms with E-state index in [0.717, 1.165) is 11.0 Å². The molecule has 0 atom stereocenters. The fourth-order valence-electron chi connectivity index (χ4n) is 2.07. The van der Waals surface area contributed by atoms with Crippen molar-refractivity contribution in [2.75, 3.05) is 17.2 Å². The molecule has 0 radical (unpaired) electrons. The van der Waals surface area contributed by atoms with Gasteiger partial charge in [-0.15, -0.1) is 5.10 Å². The maximum atomic E-state index is 12.1. The fourth-order valence-corrected chi connectivity index (χ4v) is 2.07. The second-order valence-electron chi connectivity index (χ2n) is 4.83. The summed E-state index contributed by atoms with van der Waals surface area (Å²) in [5.74, 6) is -0.0680. The Balaban J connectivity index is 1.58. The van der Waals surface area contributed by atoms with E-state index >= 15 is 0 Å². The van der Waals surface area contributed by atoms with Gasteiger partial charge in [0.1, 0.15) is 6.54 Å². The maximum absolute atomic E-state index is 12.1. The minimum absolute atomic E-state index is 0.0431. The van der Waals surface area contributed by atoms with Gasteiger partial charge in [0.2, 0.25) is 5.91 Å². The molecule has 0 aliphatic carbocycles. The summed E-state index contributed by atoms with van der Waals surface area (Å²) in [5.41, 5.74) is 2.29. The van der Waals surface area contributed by atoms with Crippen LogP contribution in [0.4, 0.5) is 16.3 Å². The van der Waals surface area contributed by atoms with Crippen LogP contribution >= 0.6 is 0 Å². The lowest BCUT2D eigenvalue weighted by molar-refractivity contribution is -0.116. The molecule has 24 heavy (non-hydrogen) atoms. The lowest BCUT2D eigenvalue weighted by Crippen LogP contribution is -2.19. The van der Waals surface area contributed by atoms with Crippen LogP contribution in [0.2, 0.25) is 0 Å². The summed E-state index contributed by atoms with van der Waals surface area (Å²) in [6, 6.07) is 5.35. The second-order valence-corrected chi connectivity index (χ2v) is 4.83. The Labute approximate surface area is 136 Å². The van der Waals surface area contributed by atoms with E-state index in [4.69, 9.17) is 4.74 Å². The van der Waals surface area contributed by atoms with Crippen molar-refractivity contribution in [2.24, 2.45) is 0 Å². The van der Waals surface area contributed by atoms with E-state index in [9.17, 15) is 9.59 Å². The van der Waals surface area contributed by atoms with Crippen molar-refractivity contribution in [3.63, 3.8) is 0 Å². The summed E-state index contributed by atoms with van der Waals surface area (Å²) in [6.45, 7) is 1.91. The number of ether oxygens (including phenoxy) is 1. The first kappa shape index (κ1) is 15.5. The van der Waals surface area contributed by atoms with Crippen LogP contribution in [-0.2, 0) is 16.1 Å². The van der Waals surface area contributed by atoms with Crippen molar-refractivity contribution >= 4 is 34.5 Å². The topological polar surface area (TPSA) is 127 Å². The highest BCUT2D eigenvalue weighted by molar-refractivity contribution is 5.92. The Hall–Kier alpha value is -3.43. The summed E-state index contributed by atoms with van der Waals surface area (Å²) in [5, 5.41) is 12.7. The lowest BCUT2D eigenvalue weighted by atomic mass is 10.3. The average molecular weight is 329 g/mol. The molecule has 2 aromatic heterocycles. The van der Waals surface area contributed by atoms with Crippen LogP contribution in [0.5, 0.6) is 0 Å². The molecule has 0 unspecified atom stereocenters. The van der Waals surface area contributed by atoms with Gasteiger partial charge in [-0.1, -0.05) is 5.21 Å². The highest BCUT2D eigenvalue weighted by Gasteiger charge is 2.09. The van der Waals surface area contributed by atoms with E-state index in [1.54, 1.807) is 31.5 Å². The average Bonchev–Trinajstić information content (AvgIpc) is 3.16. The minimum Gasteiger partial charge on any atom is -0.450 e. The molecule has 0 saturated heterocycles. The van der Waals surface area contributed by atoms with Crippen molar-refractivity contribution in [3.8, 4) is 0 Å². The van der Waals surface area contributed by atoms with Gasteiger partial charge >= 0.3 is 6.09 Å². The SMILES string of the molecule is CCOC(=O)Nc1cn(CC(=O)Nc2ccc3nc[nH]c3c2)nn1. The standard InChI is InChI=1S/C14H15N7O3/c1-2-24-14(23)18-12-6-21(20-19-12)7-13(22)17-9-3-4-10-11(5-9)16-8-15-10/h3-6,8H,2,7H2,1H3,(H,15,16)(H,17,22)(H,18,23). The van der Waals surface area contributed by atoms with E-state index in [1.807, 2.05) is 0 Å². The summed E-state index contributed by atoms with van der Waals surface area (Å²) in [6.07, 6.45) is 2.40. The molecule has 10 heteroatoms. The minimum atomic E-state index is -0.623. The van der Waals surface area contributed by atoms with Gasteiger partial charge in [-0.05, 0) is 25.1 Å². The second kappa shape index (κ2) is 6.77. The molecule has 0 bridgehead atoms. The van der Waals surface area contributed by atoms with Gasteiger partial charge in [0.15, 0.2) is 5.82 Å². The molecule has 2 heterocycles. The normalized spacial score (nSPS) is 10.5. The molecule has 2 amide bonds. The molecule has 3 N–H and O–H groups in total. The number of benzene rings is 1. The number of fused-ring (bicyclic) bond motifs is 1. The zero-order chi connectivity index (χ0) is 16.9. The third-order valence-electron chi connectivity index (χ3n) is 3.05. The predicted octanol–water partition coefficient (Wildman–Crippen LogP) is 1.36. The molecule has 1 aromatic carbocycles. The first-order chi connectivity index (χ1) is 11.6. The molecule has 0 fully saturated rings. The molecule has 0 aliphatic heterocycles. The Morgan fingerprint density at radius 1 is 1.33 bits per heavy atom. The number of hydrogen-bond acceptors (Lipinski definition) is 6. The first-order valence-electron chi connectivity index (χ1n) is 7.21. The van der Waals surface area contributed by atoms with E-state index in [-0.39, 0.29) is 24.9 Å². The van der Waals surface area contributed by atoms with Crippen molar-refractivity contribution in [2.45, 2.75) is 13.5 Å². The summed E-state index contributed by atoms with van der Waals surface area (Å²) < 4.78 is 6.04. The number of hydrogen-bond donors (Lipinski definition) is 3. The van der Waals surface area contributed by atoms with E-state index in [2.05, 4.69) is 30.9 Å². The Morgan fingerprint density at radius 2 is 2.21 bits per heavy atom. The maximum Gasteiger partial charge on any atom is 0.412 e. The number of rotatable bonds is 5. The Kier molecular flexibility index (Phi) is 4.36. The van der Waals surface area contributed by atoms with Crippen LogP contribution in [0.3, 0.4) is 0 Å². The summed E-state index contributed by atoms with van der Waals surface area (Å²) >= 11 is 0. The van der Waals surface area contributed by atoms with Crippen LogP contribution in [0.1, 0.15) is 6.92 Å². The number of carbonyl (C=O) groups is 2. The number of nitrogens with one attached hydrogen (secondary N) is 3.